The maximum Gasteiger partial charge on any atom is 0.274 e. The first-order chi connectivity index (χ1) is 10.4. The summed E-state index contributed by atoms with van der Waals surface area (Å²) in [4.78, 5) is 4.18. The Labute approximate surface area is 129 Å². The Kier molecular flexibility index (Phi) is 3.94. The van der Waals surface area contributed by atoms with Crippen LogP contribution in [-0.2, 0) is 21.8 Å². The molecule has 1 aromatic carbocycles. The molecule has 8 heteroatoms. The molecular weight excluding hydrogens is 306 g/mol. The smallest absolute Gasteiger partial charge is 0.274 e. The minimum absolute atomic E-state index is 0.0398. The first-order valence-electron chi connectivity index (χ1n) is 7.13. The van der Waals surface area contributed by atoms with Gasteiger partial charge in [0.1, 0.15) is 0 Å². The van der Waals surface area contributed by atoms with Gasteiger partial charge in [-0.25, -0.2) is 18.1 Å². The number of ether oxygens (including phenoxy) is 1. The van der Waals surface area contributed by atoms with Gasteiger partial charge >= 0.3 is 0 Å². The van der Waals surface area contributed by atoms with Gasteiger partial charge in [0.2, 0.25) is 5.16 Å². The Bertz CT molecular complexity index is 778. The highest BCUT2D eigenvalue weighted by molar-refractivity contribution is 7.89. The minimum atomic E-state index is -3.79. The largest absolute Gasteiger partial charge is 0.388 e. The lowest BCUT2D eigenvalue weighted by Crippen LogP contribution is -2.46. The number of nitrogens with one attached hydrogen (secondary N) is 1. The van der Waals surface area contributed by atoms with Crippen molar-refractivity contribution in [1.82, 2.24) is 14.3 Å². The van der Waals surface area contributed by atoms with Crippen LogP contribution in [0.5, 0.6) is 0 Å². The second-order valence-corrected chi connectivity index (χ2v) is 7.26. The van der Waals surface area contributed by atoms with Gasteiger partial charge in [0.15, 0.2) is 0 Å². The quantitative estimate of drug-likeness (QED) is 0.848. The third-order valence-corrected chi connectivity index (χ3v) is 5.37. The molecule has 0 amide bonds. The molecule has 2 heterocycles. The van der Waals surface area contributed by atoms with E-state index in [1.807, 2.05) is 18.2 Å². The van der Waals surface area contributed by atoms with Crippen molar-refractivity contribution in [3.05, 3.63) is 24.3 Å². The van der Waals surface area contributed by atoms with Crippen LogP contribution in [0.2, 0.25) is 0 Å². The highest BCUT2D eigenvalue weighted by atomic mass is 32.2. The van der Waals surface area contributed by atoms with Gasteiger partial charge in [0.25, 0.3) is 10.0 Å². The van der Waals surface area contributed by atoms with Crippen molar-refractivity contribution in [1.29, 1.82) is 0 Å². The van der Waals surface area contributed by atoms with E-state index in [1.54, 1.807) is 13.1 Å². The van der Waals surface area contributed by atoms with Gasteiger partial charge in [-0.1, -0.05) is 12.1 Å². The molecule has 1 aromatic heterocycles. The minimum Gasteiger partial charge on any atom is -0.388 e. The summed E-state index contributed by atoms with van der Waals surface area (Å²) in [7, 11) is -2.13. The Morgan fingerprint density at radius 3 is 2.73 bits per heavy atom. The van der Waals surface area contributed by atoms with E-state index in [-0.39, 0.29) is 11.7 Å². The van der Waals surface area contributed by atoms with Crippen LogP contribution in [0.3, 0.4) is 0 Å². The maximum atomic E-state index is 12.5. The van der Waals surface area contributed by atoms with Crippen molar-refractivity contribution in [3.8, 4) is 0 Å². The summed E-state index contributed by atoms with van der Waals surface area (Å²) < 4.78 is 34.1. The fraction of sp³-hybridized carbons (Fsp3) is 0.500. The molecular formula is C14H19N3O4S. The van der Waals surface area contributed by atoms with Gasteiger partial charge in [-0.3, -0.25) is 0 Å². The third-order valence-electron chi connectivity index (χ3n) is 4.00. The van der Waals surface area contributed by atoms with Crippen molar-refractivity contribution in [3.63, 3.8) is 0 Å². The Balaban J connectivity index is 1.84. The monoisotopic (exact) mass is 325 g/mol. The van der Waals surface area contributed by atoms with Gasteiger partial charge in [-0.15, -0.1) is 0 Å². The van der Waals surface area contributed by atoms with Crippen LogP contribution in [-0.4, -0.2) is 48.4 Å². The van der Waals surface area contributed by atoms with Crippen molar-refractivity contribution in [2.24, 2.45) is 7.05 Å². The Morgan fingerprint density at radius 2 is 2.05 bits per heavy atom. The molecule has 1 fully saturated rings. The average Bonchev–Trinajstić information content (AvgIpc) is 2.85. The number of hydrogen-bond donors (Lipinski definition) is 2. The van der Waals surface area contributed by atoms with E-state index in [4.69, 9.17) is 4.74 Å². The molecule has 0 radical (unpaired) electrons. The summed E-state index contributed by atoms with van der Waals surface area (Å²) in [5.74, 6) is 0. The fourth-order valence-electron chi connectivity index (χ4n) is 2.59. The number of nitrogens with zero attached hydrogens (tertiary/aromatic N) is 2. The van der Waals surface area contributed by atoms with Gasteiger partial charge < -0.3 is 14.4 Å². The Hall–Kier alpha value is -1.48. The molecule has 0 aliphatic carbocycles. The summed E-state index contributed by atoms with van der Waals surface area (Å²) in [6, 6.07) is 7.22. The molecule has 1 aliphatic heterocycles. The molecule has 0 unspecified atom stereocenters. The molecule has 0 spiro atoms. The van der Waals surface area contributed by atoms with E-state index in [2.05, 4.69) is 9.71 Å². The number of sulfonamides is 1. The Morgan fingerprint density at radius 1 is 1.36 bits per heavy atom. The van der Waals surface area contributed by atoms with Crippen LogP contribution in [0, 0.1) is 0 Å². The van der Waals surface area contributed by atoms with Crippen molar-refractivity contribution < 1.29 is 18.3 Å². The third kappa shape index (κ3) is 2.87. The SMILES string of the molecule is Cn1c(S(=O)(=O)NCC2(O)CCOCC2)nc2ccccc21. The molecule has 7 nitrogen and oxygen atoms in total. The van der Waals surface area contributed by atoms with E-state index in [0.717, 1.165) is 5.52 Å². The van der Waals surface area contributed by atoms with Gasteiger partial charge in [0.05, 0.1) is 16.6 Å². The van der Waals surface area contributed by atoms with Crippen molar-refractivity contribution in [2.75, 3.05) is 19.8 Å². The van der Waals surface area contributed by atoms with Gasteiger partial charge in [-0.2, -0.15) is 0 Å². The summed E-state index contributed by atoms with van der Waals surface area (Å²) >= 11 is 0. The predicted octanol–water partition coefficient (Wildman–Crippen LogP) is 0.393. The second-order valence-electron chi connectivity index (χ2n) is 5.60. The number of benzene rings is 1. The van der Waals surface area contributed by atoms with E-state index in [9.17, 15) is 13.5 Å². The van der Waals surface area contributed by atoms with Crippen molar-refractivity contribution >= 4 is 21.1 Å². The average molecular weight is 325 g/mol. The lowest BCUT2D eigenvalue weighted by atomic mass is 9.95. The van der Waals surface area contributed by atoms with Crippen LogP contribution in [0.4, 0.5) is 0 Å². The number of para-hydroxylation sites is 2. The van der Waals surface area contributed by atoms with Crippen LogP contribution in [0.15, 0.2) is 29.4 Å². The van der Waals surface area contributed by atoms with E-state index in [0.29, 0.717) is 31.6 Å². The summed E-state index contributed by atoms with van der Waals surface area (Å²) in [6.45, 7) is 0.830. The molecule has 0 atom stereocenters. The molecule has 22 heavy (non-hydrogen) atoms. The molecule has 2 aromatic rings. The van der Waals surface area contributed by atoms with Gasteiger partial charge in [-0.05, 0) is 12.1 Å². The first-order valence-corrected chi connectivity index (χ1v) is 8.61. The number of aromatic nitrogens is 2. The predicted molar refractivity (Wildman–Crippen MR) is 80.9 cm³/mol. The number of aliphatic hydroxyl groups is 1. The molecule has 1 aliphatic rings. The first kappa shape index (κ1) is 15.4. The topological polar surface area (TPSA) is 93.5 Å². The number of fused-ring (bicyclic) bond motifs is 1. The molecule has 0 bridgehead atoms. The number of imidazole rings is 1. The van der Waals surface area contributed by atoms with Crippen molar-refractivity contribution in [2.45, 2.75) is 23.6 Å². The van der Waals surface area contributed by atoms with Crippen LogP contribution in [0.1, 0.15) is 12.8 Å². The zero-order valence-corrected chi connectivity index (χ0v) is 13.1. The number of hydrogen-bond acceptors (Lipinski definition) is 5. The van der Waals surface area contributed by atoms with Crippen LogP contribution < -0.4 is 4.72 Å². The summed E-state index contributed by atoms with van der Waals surface area (Å²) in [5, 5.41) is 10.3. The van der Waals surface area contributed by atoms with Crippen LogP contribution >= 0.6 is 0 Å². The van der Waals surface area contributed by atoms with E-state index < -0.39 is 15.6 Å². The summed E-state index contributed by atoms with van der Waals surface area (Å²) in [5.41, 5.74) is 0.304. The highest BCUT2D eigenvalue weighted by Crippen LogP contribution is 2.21. The molecule has 2 N–H and O–H groups in total. The number of aryl methyl sites for hydroxylation is 1. The molecule has 0 saturated carbocycles. The van der Waals surface area contributed by atoms with E-state index >= 15 is 0 Å². The number of rotatable bonds is 4. The lowest BCUT2D eigenvalue weighted by Gasteiger charge is -2.31. The zero-order valence-electron chi connectivity index (χ0n) is 12.3. The van der Waals surface area contributed by atoms with Gasteiger partial charge in [0, 0.05) is 39.6 Å². The molecule has 120 valence electrons. The standard InChI is InChI=1S/C14H19N3O4S/c1-17-12-5-3-2-4-11(12)16-13(17)22(19,20)15-10-14(18)6-8-21-9-7-14/h2-5,15,18H,6-10H2,1H3. The molecule has 1 saturated heterocycles. The normalized spacial score (nSPS) is 18.6. The van der Waals surface area contributed by atoms with Crippen LogP contribution in [0.25, 0.3) is 11.0 Å². The maximum absolute atomic E-state index is 12.5. The highest BCUT2D eigenvalue weighted by Gasteiger charge is 2.32. The van der Waals surface area contributed by atoms with E-state index in [1.165, 1.54) is 4.57 Å². The summed E-state index contributed by atoms with van der Waals surface area (Å²) in [6.07, 6.45) is 0.829. The molecule has 3 rings (SSSR count). The lowest BCUT2D eigenvalue weighted by molar-refractivity contribution is -0.0588. The fourth-order valence-corrected chi connectivity index (χ4v) is 3.85. The second kappa shape index (κ2) is 5.62. The zero-order chi connectivity index (χ0) is 15.8.